The van der Waals surface area contributed by atoms with Gasteiger partial charge < -0.3 is 9.84 Å². The summed E-state index contributed by atoms with van der Waals surface area (Å²) >= 11 is 0. The molecule has 3 saturated heterocycles. The third-order valence-corrected chi connectivity index (χ3v) is 8.40. The number of aromatic nitrogens is 1. The Morgan fingerprint density at radius 1 is 1.03 bits per heavy atom. The van der Waals surface area contributed by atoms with Gasteiger partial charge in [-0.15, -0.1) is 6.58 Å². The molecule has 1 N–H and O–H groups in total. The molecular formula is C32H48N2O2. The van der Waals surface area contributed by atoms with Crippen LogP contribution < -0.4 is 4.74 Å². The van der Waals surface area contributed by atoms with Crippen LogP contribution in [0.2, 0.25) is 0 Å². The van der Waals surface area contributed by atoms with Crippen LogP contribution in [0.5, 0.6) is 5.75 Å². The topological polar surface area (TPSA) is 45.6 Å². The average molecular weight is 493 g/mol. The Morgan fingerprint density at radius 2 is 1.67 bits per heavy atom. The minimum atomic E-state index is -0.604. The van der Waals surface area contributed by atoms with Crippen LogP contribution in [0.4, 0.5) is 0 Å². The molecule has 3 aliphatic rings. The Morgan fingerprint density at radius 3 is 2.14 bits per heavy atom. The van der Waals surface area contributed by atoms with Crippen molar-refractivity contribution in [3.63, 3.8) is 0 Å². The summed E-state index contributed by atoms with van der Waals surface area (Å²) < 4.78 is 5.93. The molecule has 2 bridgehead atoms. The second kappa shape index (κ2) is 9.13. The highest BCUT2D eigenvalue weighted by Crippen LogP contribution is 2.49. The minimum Gasteiger partial charge on any atom is -0.496 e. The van der Waals surface area contributed by atoms with E-state index in [1.54, 1.807) is 7.11 Å². The molecule has 1 aromatic carbocycles. The van der Waals surface area contributed by atoms with Crippen LogP contribution in [0.25, 0.3) is 10.9 Å². The van der Waals surface area contributed by atoms with E-state index in [0.29, 0.717) is 11.8 Å². The number of aliphatic hydroxyl groups is 1. The Kier molecular flexibility index (Phi) is 6.88. The molecule has 4 nitrogen and oxygen atoms in total. The molecular weight excluding hydrogens is 444 g/mol. The van der Waals surface area contributed by atoms with Gasteiger partial charge in [-0.1, -0.05) is 68.4 Å². The molecule has 36 heavy (non-hydrogen) atoms. The second-order valence-electron chi connectivity index (χ2n) is 14.2. The summed E-state index contributed by atoms with van der Waals surface area (Å²) in [5.74, 6) is 1.98. The summed E-state index contributed by atoms with van der Waals surface area (Å²) in [5, 5.41) is 13.6. The summed E-state index contributed by atoms with van der Waals surface area (Å²) in [4.78, 5) is 7.85. The van der Waals surface area contributed by atoms with Gasteiger partial charge in [-0.3, -0.25) is 9.88 Å². The summed E-state index contributed by atoms with van der Waals surface area (Å²) in [6.07, 6.45) is 3.72. The van der Waals surface area contributed by atoms with Gasteiger partial charge in [0.2, 0.25) is 0 Å². The first-order valence-corrected chi connectivity index (χ1v) is 13.7. The largest absolute Gasteiger partial charge is 0.496 e. The van der Waals surface area contributed by atoms with Crippen molar-refractivity contribution < 1.29 is 9.84 Å². The highest BCUT2D eigenvalue weighted by atomic mass is 16.5. The third-order valence-electron chi connectivity index (χ3n) is 8.40. The van der Waals surface area contributed by atoms with Crippen molar-refractivity contribution in [1.82, 2.24) is 9.88 Å². The zero-order valence-electron chi connectivity index (χ0n) is 24.3. The normalized spacial score (nSPS) is 25.8. The van der Waals surface area contributed by atoms with E-state index in [2.05, 4.69) is 92.0 Å². The maximum absolute atomic E-state index is 12.5. The van der Waals surface area contributed by atoms with Gasteiger partial charge in [-0.05, 0) is 65.3 Å². The lowest BCUT2D eigenvalue weighted by molar-refractivity contribution is -0.0450. The molecule has 2 unspecified atom stereocenters. The summed E-state index contributed by atoms with van der Waals surface area (Å²) in [6.45, 7) is 26.3. The van der Waals surface area contributed by atoms with E-state index in [1.807, 2.05) is 0 Å². The first-order valence-electron chi connectivity index (χ1n) is 13.7. The molecule has 0 amide bonds. The number of aliphatic hydroxyl groups excluding tert-OH is 1. The average Bonchev–Trinajstić information content (AvgIpc) is 2.79. The van der Waals surface area contributed by atoms with E-state index in [9.17, 15) is 5.11 Å². The van der Waals surface area contributed by atoms with Crippen molar-refractivity contribution in [2.45, 2.75) is 104 Å². The number of hydrogen-bond acceptors (Lipinski definition) is 4. The Labute approximate surface area is 219 Å². The van der Waals surface area contributed by atoms with Gasteiger partial charge in [0.25, 0.3) is 0 Å². The molecule has 0 saturated carbocycles. The van der Waals surface area contributed by atoms with Crippen molar-refractivity contribution in [2.24, 2.45) is 11.8 Å². The van der Waals surface area contributed by atoms with Crippen molar-refractivity contribution in [1.29, 1.82) is 0 Å². The number of benzene rings is 1. The van der Waals surface area contributed by atoms with Gasteiger partial charge in [0.05, 0.1) is 24.4 Å². The van der Waals surface area contributed by atoms with E-state index in [4.69, 9.17) is 9.72 Å². The zero-order valence-corrected chi connectivity index (χ0v) is 24.3. The zero-order chi connectivity index (χ0) is 26.8. The summed E-state index contributed by atoms with van der Waals surface area (Å²) in [7, 11) is 1.75. The maximum Gasteiger partial charge on any atom is 0.123 e. The smallest absolute Gasteiger partial charge is 0.123 e. The number of nitrogens with zero attached hydrogens (tertiary/aromatic N) is 2. The van der Waals surface area contributed by atoms with Gasteiger partial charge in [0.15, 0.2) is 0 Å². The Balaban J connectivity index is 2.10. The van der Waals surface area contributed by atoms with E-state index in [0.717, 1.165) is 53.0 Å². The highest BCUT2D eigenvalue weighted by molar-refractivity contribution is 5.91. The fourth-order valence-electron chi connectivity index (χ4n) is 6.78. The fourth-order valence-corrected chi connectivity index (χ4v) is 6.78. The molecule has 0 aliphatic carbocycles. The molecule has 0 radical (unpaired) electrons. The van der Waals surface area contributed by atoms with E-state index in [1.165, 1.54) is 12.0 Å². The van der Waals surface area contributed by atoms with Crippen LogP contribution in [-0.4, -0.2) is 41.2 Å². The van der Waals surface area contributed by atoms with Crippen LogP contribution in [0.3, 0.4) is 0 Å². The first kappa shape index (κ1) is 27.1. The molecule has 4 heteroatoms. The monoisotopic (exact) mass is 492 g/mol. The quantitative estimate of drug-likeness (QED) is 0.464. The summed E-state index contributed by atoms with van der Waals surface area (Å²) in [6, 6.07) is 4.23. The highest BCUT2D eigenvalue weighted by Gasteiger charge is 2.45. The molecule has 4 heterocycles. The molecule has 198 valence electrons. The van der Waals surface area contributed by atoms with Crippen LogP contribution in [-0.2, 0) is 16.2 Å². The fraction of sp³-hybridized carbons (Fsp3) is 0.656. The van der Waals surface area contributed by atoms with Gasteiger partial charge in [-0.25, -0.2) is 0 Å². The Bertz CT molecular complexity index is 1150. The van der Waals surface area contributed by atoms with Gasteiger partial charge >= 0.3 is 0 Å². The summed E-state index contributed by atoms with van der Waals surface area (Å²) in [5.41, 5.74) is 4.90. The molecule has 2 aromatic rings. The third kappa shape index (κ3) is 4.60. The molecule has 3 fully saturated rings. The number of methoxy groups -OCH3 is 1. The predicted octanol–water partition coefficient (Wildman–Crippen LogP) is 7.07. The lowest BCUT2D eigenvalue weighted by Gasteiger charge is -2.51. The molecule has 3 aliphatic heterocycles. The second-order valence-corrected chi connectivity index (χ2v) is 14.2. The molecule has 0 spiro atoms. The van der Waals surface area contributed by atoms with E-state index in [-0.39, 0.29) is 22.3 Å². The number of ether oxygens (including phenoxy) is 1. The van der Waals surface area contributed by atoms with Gasteiger partial charge in [0, 0.05) is 29.0 Å². The van der Waals surface area contributed by atoms with E-state index >= 15 is 0 Å². The number of fused-ring (bicyclic) bond motifs is 4. The molecule has 5 atom stereocenters. The van der Waals surface area contributed by atoms with E-state index < -0.39 is 6.10 Å². The molecule has 5 rings (SSSR count). The van der Waals surface area contributed by atoms with Crippen molar-refractivity contribution in [3.8, 4) is 5.75 Å². The number of rotatable bonds is 4. The number of pyridine rings is 1. The van der Waals surface area contributed by atoms with Gasteiger partial charge in [-0.2, -0.15) is 0 Å². The van der Waals surface area contributed by atoms with Gasteiger partial charge in [0.1, 0.15) is 5.75 Å². The maximum atomic E-state index is 12.5. The minimum absolute atomic E-state index is 0.0958. The van der Waals surface area contributed by atoms with Crippen molar-refractivity contribution in [2.75, 3.05) is 20.2 Å². The van der Waals surface area contributed by atoms with Crippen LogP contribution >= 0.6 is 0 Å². The van der Waals surface area contributed by atoms with Crippen LogP contribution in [0.1, 0.15) is 104 Å². The lowest BCUT2D eigenvalue weighted by atomic mass is 9.69. The molecule has 1 aromatic heterocycles. The van der Waals surface area contributed by atoms with Crippen molar-refractivity contribution in [3.05, 3.63) is 47.2 Å². The lowest BCUT2D eigenvalue weighted by Crippen LogP contribution is -2.55. The van der Waals surface area contributed by atoms with Crippen LogP contribution in [0.15, 0.2) is 24.8 Å². The standard InChI is InChI=1S/C32H48N2O2/c1-12-19-18-34-16-15-20(19)17-22(34)28(35)25-24-21(13-14-23(36-11)26(24)30(2,3)4)33-29(32(8,9)10)27(25)31(5,6)7/h12-14,19-20,22,28,35H,1,15-18H2,2-11H3/t19-,20?,22-,28-/m0/s1. The number of hydrogen-bond donors (Lipinski definition) is 1. The van der Waals surface area contributed by atoms with Crippen molar-refractivity contribution >= 4 is 10.9 Å². The predicted molar refractivity (Wildman–Crippen MR) is 151 cm³/mol. The SMILES string of the molecule is C=C[C@H]1CN2CCC1C[C@H]2[C@H](O)c1c(C(C)(C)C)c(C(C)(C)C)nc2ccc(OC)c(C(C)(C)C)c12. The first-order chi connectivity index (χ1) is 16.6. The number of piperidine rings is 3. The van der Waals surface area contributed by atoms with Crippen LogP contribution in [0, 0.1) is 11.8 Å². The Hall–Kier alpha value is -1.91.